The van der Waals surface area contributed by atoms with Crippen LogP contribution in [-0.2, 0) is 4.74 Å². The Balaban J connectivity index is 2.19. The highest BCUT2D eigenvalue weighted by Gasteiger charge is 2.19. The van der Waals surface area contributed by atoms with Crippen LogP contribution in [0.3, 0.4) is 0 Å². The third-order valence-electron chi connectivity index (χ3n) is 2.80. The van der Waals surface area contributed by atoms with Crippen LogP contribution in [0.1, 0.15) is 30.6 Å². The molecule has 88 valence electrons. The summed E-state index contributed by atoms with van der Waals surface area (Å²) in [6.45, 7) is 5.18. The molecule has 3 heteroatoms. The average molecular weight is 222 g/mol. The predicted octanol–water partition coefficient (Wildman–Crippen LogP) is 2.22. The molecule has 0 aliphatic carbocycles. The van der Waals surface area contributed by atoms with Gasteiger partial charge in [-0.1, -0.05) is 12.1 Å². The number of hydrogen-bond acceptors (Lipinski definition) is 3. The van der Waals surface area contributed by atoms with Crippen molar-refractivity contribution in [2.24, 2.45) is 0 Å². The molecule has 3 nitrogen and oxygen atoms in total. The van der Waals surface area contributed by atoms with Crippen molar-refractivity contribution in [3.63, 3.8) is 0 Å². The summed E-state index contributed by atoms with van der Waals surface area (Å²) in [5.41, 5.74) is 1.98. The van der Waals surface area contributed by atoms with Crippen LogP contribution in [0.2, 0.25) is 0 Å². The number of aryl methyl sites for hydroxylation is 1. The predicted molar refractivity (Wildman–Crippen MR) is 61.7 cm³/mol. The number of ether oxygens (including phenoxy) is 2. The first kappa shape index (κ1) is 11.4. The molecule has 1 saturated heterocycles. The third kappa shape index (κ3) is 2.54. The van der Waals surface area contributed by atoms with Crippen molar-refractivity contribution in [3.05, 3.63) is 29.3 Å². The van der Waals surface area contributed by atoms with Gasteiger partial charge in [0.25, 0.3) is 0 Å². The molecule has 1 aliphatic heterocycles. The lowest BCUT2D eigenvalue weighted by atomic mass is 10.1. The topological polar surface area (TPSA) is 38.7 Å². The zero-order chi connectivity index (χ0) is 11.5. The molecule has 1 heterocycles. The van der Waals surface area contributed by atoms with Gasteiger partial charge in [-0.2, -0.15) is 0 Å². The Morgan fingerprint density at radius 3 is 2.94 bits per heavy atom. The summed E-state index contributed by atoms with van der Waals surface area (Å²) in [5, 5.41) is 9.66. The molecule has 0 amide bonds. The molecule has 1 fully saturated rings. The standard InChI is InChI=1S/C13H18O3/c1-9-3-4-12(10(2)14)13(7-9)16-11-5-6-15-8-11/h3-4,7,10-11,14H,5-6,8H2,1-2H3/t10-,11?/m0/s1. The van der Waals surface area contributed by atoms with Gasteiger partial charge >= 0.3 is 0 Å². The Labute approximate surface area is 96.0 Å². The van der Waals surface area contributed by atoms with Gasteiger partial charge in [-0.05, 0) is 25.5 Å². The first-order valence-corrected chi connectivity index (χ1v) is 5.70. The zero-order valence-electron chi connectivity index (χ0n) is 9.77. The van der Waals surface area contributed by atoms with E-state index in [1.807, 2.05) is 25.1 Å². The van der Waals surface area contributed by atoms with E-state index in [2.05, 4.69) is 0 Å². The molecule has 16 heavy (non-hydrogen) atoms. The van der Waals surface area contributed by atoms with Gasteiger partial charge in [0, 0.05) is 12.0 Å². The molecule has 1 aliphatic rings. The van der Waals surface area contributed by atoms with Crippen LogP contribution >= 0.6 is 0 Å². The Hall–Kier alpha value is -1.06. The SMILES string of the molecule is Cc1ccc([C@H](C)O)c(OC2CCOC2)c1. The molecule has 0 bridgehead atoms. The van der Waals surface area contributed by atoms with Crippen molar-refractivity contribution < 1.29 is 14.6 Å². The molecule has 1 N–H and O–H groups in total. The number of hydrogen-bond donors (Lipinski definition) is 1. The fourth-order valence-electron chi connectivity index (χ4n) is 1.87. The van der Waals surface area contributed by atoms with Gasteiger partial charge in [0.1, 0.15) is 11.9 Å². The maximum atomic E-state index is 9.66. The van der Waals surface area contributed by atoms with Gasteiger partial charge in [0.15, 0.2) is 0 Å². The lowest BCUT2D eigenvalue weighted by Crippen LogP contribution is -2.17. The first-order valence-electron chi connectivity index (χ1n) is 5.70. The van der Waals surface area contributed by atoms with Gasteiger partial charge in [-0.15, -0.1) is 0 Å². The normalized spacial score (nSPS) is 22.1. The van der Waals surface area contributed by atoms with Gasteiger partial charge in [0.2, 0.25) is 0 Å². The van der Waals surface area contributed by atoms with Crippen molar-refractivity contribution >= 4 is 0 Å². The Morgan fingerprint density at radius 1 is 1.50 bits per heavy atom. The third-order valence-corrected chi connectivity index (χ3v) is 2.80. The number of aliphatic hydroxyl groups excluding tert-OH is 1. The molecule has 0 spiro atoms. The average Bonchev–Trinajstić information content (AvgIpc) is 2.70. The molecular weight excluding hydrogens is 204 g/mol. The largest absolute Gasteiger partial charge is 0.488 e. The van der Waals surface area contributed by atoms with Crippen molar-refractivity contribution in [1.82, 2.24) is 0 Å². The van der Waals surface area contributed by atoms with Crippen LogP contribution in [-0.4, -0.2) is 24.4 Å². The lowest BCUT2D eigenvalue weighted by Gasteiger charge is -2.17. The Kier molecular flexibility index (Phi) is 3.46. The highest BCUT2D eigenvalue weighted by Crippen LogP contribution is 2.28. The highest BCUT2D eigenvalue weighted by molar-refractivity contribution is 5.38. The number of benzene rings is 1. The van der Waals surface area contributed by atoms with Crippen molar-refractivity contribution in [3.8, 4) is 5.75 Å². The van der Waals surface area contributed by atoms with Gasteiger partial charge in [-0.25, -0.2) is 0 Å². The fraction of sp³-hybridized carbons (Fsp3) is 0.538. The summed E-state index contributed by atoms with van der Waals surface area (Å²) < 4.78 is 11.1. The lowest BCUT2D eigenvalue weighted by molar-refractivity contribution is 0.135. The summed E-state index contributed by atoms with van der Waals surface area (Å²) in [6.07, 6.45) is 0.546. The molecule has 0 radical (unpaired) electrons. The first-order chi connectivity index (χ1) is 7.66. The maximum absolute atomic E-state index is 9.66. The summed E-state index contributed by atoms with van der Waals surface area (Å²) in [4.78, 5) is 0. The van der Waals surface area contributed by atoms with E-state index in [0.717, 1.165) is 29.9 Å². The fourth-order valence-corrected chi connectivity index (χ4v) is 1.87. The monoisotopic (exact) mass is 222 g/mol. The van der Waals surface area contributed by atoms with Crippen LogP contribution < -0.4 is 4.74 Å². The van der Waals surface area contributed by atoms with Crippen LogP contribution in [0, 0.1) is 6.92 Å². The van der Waals surface area contributed by atoms with E-state index in [-0.39, 0.29) is 6.10 Å². The Bertz CT molecular complexity index is 354. The van der Waals surface area contributed by atoms with Gasteiger partial charge in [0.05, 0.1) is 19.3 Å². The molecule has 1 unspecified atom stereocenters. The van der Waals surface area contributed by atoms with E-state index in [1.165, 1.54) is 0 Å². The van der Waals surface area contributed by atoms with Crippen molar-refractivity contribution in [2.45, 2.75) is 32.5 Å². The summed E-state index contributed by atoms with van der Waals surface area (Å²) in [7, 11) is 0. The minimum atomic E-state index is -0.502. The second-order valence-corrected chi connectivity index (χ2v) is 4.32. The van der Waals surface area contributed by atoms with Gasteiger partial charge < -0.3 is 14.6 Å². The smallest absolute Gasteiger partial charge is 0.125 e. The Morgan fingerprint density at radius 2 is 2.31 bits per heavy atom. The molecule has 2 atom stereocenters. The zero-order valence-corrected chi connectivity index (χ0v) is 9.77. The van der Waals surface area contributed by atoms with E-state index >= 15 is 0 Å². The maximum Gasteiger partial charge on any atom is 0.125 e. The van der Waals surface area contributed by atoms with E-state index < -0.39 is 6.10 Å². The minimum absolute atomic E-state index is 0.124. The van der Waals surface area contributed by atoms with E-state index in [9.17, 15) is 5.11 Å². The molecule has 0 saturated carbocycles. The van der Waals surface area contributed by atoms with Crippen molar-refractivity contribution in [1.29, 1.82) is 0 Å². The van der Waals surface area contributed by atoms with Crippen molar-refractivity contribution in [2.75, 3.05) is 13.2 Å². The molecule has 0 aromatic heterocycles. The van der Waals surface area contributed by atoms with E-state index in [0.29, 0.717) is 6.61 Å². The summed E-state index contributed by atoms with van der Waals surface area (Å²) in [5.74, 6) is 0.783. The van der Waals surface area contributed by atoms with Crippen LogP contribution in [0.5, 0.6) is 5.75 Å². The highest BCUT2D eigenvalue weighted by atomic mass is 16.5. The van der Waals surface area contributed by atoms with E-state index in [1.54, 1.807) is 6.92 Å². The van der Waals surface area contributed by atoms with Crippen LogP contribution in [0.4, 0.5) is 0 Å². The summed E-state index contributed by atoms with van der Waals surface area (Å²) >= 11 is 0. The van der Waals surface area contributed by atoms with Gasteiger partial charge in [-0.3, -0.25) is 0 Å². The molecule has 1 aromatic rings. The van der Waals surface area contributed by atoms with Crippen LogP contribution in [0.15, 0.2) is 18.2 Å². The summed E-state index contributed by atoms with van der Waals surface area (Å²) in [6, 6.07) is 5.88. The second kappa shape index (κ2) is 4.85. The second-order valence-electron chi connectivity index (χ2n) is 4.32. The number of aliphatic hydroxyl groups is 1. The molecule has 1 aromatic carbocycles. The molecule has 2 rings (SSSR count). The molecular formula is C13H18O3. The minimum Gasteiger partial charge on any atom is -0.488 e. The van der Waals surface area contributed by atoms with Crippen LogP contribution in [0.25, 0.3) is 0 Å². The quantitative estimate of drug-likeness (QED) is 0.852. The number of rotatable bonds is 3. The van der Waals surface area contributed by atoms with E-state index in [4.69, 9.17) is 9.47 Å².